The minimum absolute atomic E-state index is 0.0633. The summed E-state index contributed by atoms with van der Waals surface area (Å²) in [5, 5.41) is 16.6. The molecule has 1 N–H and O–H groups in total. The second-order valence-corrected chi connectivity index (χ2v) is 12.1. The lowest BCUT2D eigenvalue weighted by atomic mass is 9.46. The maximum absolute atomic E-state index is 13.3. The highest BCUT2D eigenvalue weighted by molar-refractivity contribution is 8.13. The van der Waals surface area contributed by atoms with Crippen LogP contribution in [0.1, 0.15) is 57.2 Å². The summed E-state index contributed by atoms with van der Waals surface area (Å²) in [6, 6.07) is 3.07. The third-order valence-corrected chi connectivity index (χ3v) is 10.6. The van der Waals surface area contributed by atoms with Crippen LogP contribution in [-0.2, 0) is 11.2 Å². The standard InChI is InChI=1S/C27H32FN3O2S/c1-26-11-15-13-30-31(17-5-9-23(28)29-14-17)21(15)10-16(26)4-6-18-19-7-8-20(25(33)34-3)27(19,2)12-22(32)24(18)26/h5,9-10,13-14,18-20,22,24,32H,4,6-8,11-12H2,1-3H3/t18-,19-,20?,22-,24+,26?,27+/m0/s1. The summed E-state index contributed by atoms with van der Waals surface area (Å²) in [5.74, 6) is 0.690. The Hall–Kier alpha value is -1.99. The SMILES string of the molecule is CSC(=O)C1CC[C@H]2[C@@H]3CCC4=Cc5c(cnn5-c5ccc(F)nc5)CC4(C)[C@H]3[C@@H](O)C[C@@]12C. The van der Waals surface area contributed by atoms with Crippen LogP contribution in [0.25, 0.3) is 11.8 Å². The van der Waals surface area contributed by atoms with Crippen molar-refractivity contribution in [2.24, 2.45) is 34.5 Å². The van der Waals surface area contributed by atoms with Crippen molar-refractivity contribution in [3.05, 3.63) is 47.3 Å². The third-order valence-electron chi connectivity index (χ3n) is 9.86. The minimum atomic E-state index is -0.499. The predicted octanol–water partition coefficient (Wildman–Crippen LogP) is 5.07. The van der Waals surface area contributed by atoms with Gasteiger partial charge in [-0.15, -0.1) is 0 Å². The van der Waals surface area contributed by atoms with E-state index in [2.05, 4.69) is 30.0 Å². The van der Waals surface area contributed by atoms with Gasteiger partial charge in [0.05, 0.1) is 29.9 Å². The molecule has 4 aliphatic carbocycles. The number of aromatic nitrogens is 3. The molecule has 2 aromatic heterocycles. The lowest BCUT2D eigenvalue weighted by Crippen LogP contribution is -2.57. The summed E-state index contributed by atoms with van der Waals surface area (Å²) in [4.78, 5) is 16.5. The Bertz CT molecular complexity index is 1180. The van der Waals surface area contributed by atoms with E-state index in [0.717, 1.165) is 43.5 Å². The van der Waals surface area contributed by atoms with Gasteiger partial charge in [0.15, 0.2) is 5.12 Å². The van der Waals surface area contributed by atoms with E-state index in [0.29, 0.717) is 23.4 Å². The van der Waals surface area contributed by atoms with Crippen LogP contribution in [-0.4, -0.2) is 37.3 Å². The summed E-state index contributed by atoms with van der Waals surface area (Å²) >= 11 is 1.35. The number of hydrogen-bond donors (Lipinski definition) is 1. The molecule has 34 heavy (non-hydrogen) atoms. The van der Waals surface area contributed by atoms with E-state index in [-0.39, 0.29) is 22.7 Å². The zero-order chi connectivity index (χ0) is 23.8. The first-order chi connectivity index (χ1) is 16.3. The van der Waals surface area contributed by atoms with Crippen LogP contribution < -0.4 is 0 Å². The largest absolute Gasteiger partial charge is 0.393 e. The lowest BCUT2D eigenvalue weighted by Gasteiger charge is -2.59. The smallest absolute Gasteiger partial charge is 0.212 e. The predicted molar refractivity (Wildman–Crippen MR) is 131 cm³/mol. The fraction of sp³-hybridized carbons (Fsp3) is 0.593. The van der Waals surface area contributed by atoms with E-state index in [1.807, 2.05) is 17.1 Å². The summed E-state index contributed by atoms with van der Waals surface area (Å²) in [7, 11) is 0. The Balaban J connectivity index is 1.35. The number of thioether (sulfide) groups is 1. The van der Waals surface area contributed by atoms with Gasteiger partial charge in [0.25, 0.3) is 0 Å². The molecule has 5 nitrogen and oxygen atoms in total. The molecule has 2 heterocycles. The second kappa shape index (κ2) is 7.76. The molecule has 0 bridgehead atoms. The van der Waals surface area contributed by atoms with Crippen molar-refractivity contribution in [2.75, 3.05) is 6.26 Å². The van der Waals surface area contributed by atoms with Crippen LogP contribution >= 0.6 is 11.8 Å². The number of carbonyl (C=O) groups excluding carboxylic acids is 1. The topological polar surface area (TPSA) is 68.0 Å². The molecule has 4 aliphatic rings. The second-order valence-electron chi connectivity index (χ2n) is 11.3. The molecule has 0 radical (unpaired) electrons. The van der Waals surface area contributed by atoms with Gasteiger partial charge in [-0.3, -0.25) is 4.79 Å². The van der Waals surface area contributed by atoms with Gasteiger partial charge in [-0.1, -0.05) is 31.2 Å². The number of halogens is 1. The fourth-order valence-corrected chi connectivity index (χ4v) is 9.08. The number of allylic oxidation sites excluding steroid dienone is 1. The fourth-order valence-electron chi connectivity index (χ4n) is 8.41. The molecular weight excluding hydrogens is 449 g/mol. The number of aliphatic hydroxyl groups is 1. The zero-order valence-corrected chi connectivity index (χ0v) is 20.8. The van der Waals surface area contributed by atoms with Gasteiger partial charge in [-0.2, -0.15) is 9.49 Å². The first kappa shape index (κ1) is 22.5. The highest BCUT2D eigenvalue weighted by Crippen LogP contribution is 2.67. The summed E-state index contributed by atoms with van der Waals surface area (Å²) in [5.41, 5.74) is 4.13. The van der Waals surface area contributed by atoms with Gasteiger partial charge >= 0.3 is 0 Å². The van der Waals surface area contributed by atoms with Crippen molar-refractivity contribution in [1.29, 1.82) is 0 Å². The van der Waals surface area contributed by atoms with Crippen LogP contribution in [0, 0.1) is 40.4 Å². The van der Waals surface area contributed by atoms with Gasteiger partial charge in [-0.05, 0) is 97.1 Å². The van der Waals surface area contributed by atoms with E-state index in [4.69, 9.17) is 0 Å². The Labute approximate surface area is 204 Å². The Morgan fingerprint density at radius 3 is 2.79 bits per heavy atom. The van der Waals surface area contributed by atoms with Crippen molar-refractivity contribution in [3.8, 4) is 5.69 Å². The number of fused-ring (bicyclic) bond motifs is 6. The monoisotopic (exact) mass is 481 g/mol. The van der Waals surface area contributed by atoms with Crippen molar-refractivity contribution < 1.29 is 14.3 Å². The van der Waals surface area contributed by atoms with Crippen LogP contribution in [0.5, 0.6) is 0 Å². The molecule has 6 rings (SSSR count). The van der Waals surface area contributed by atoms with E-state index >= 15 is 0 Å². The van der Waals surface area contributed by atoms with Crippen LogP contribution in [0.4, 0.5) is 4.39 Å². The van der Waals surface area contributed by atoms with Gasteiger partial charge in [-0.25, -0.2) is 9.67 Å². The van der Waals surface area contributed by atoms with E-state index in [1.165, 1.54) is 35.2 Å². The lowest BCUT2D eigenvalue weighted by molar-refractivity contribution is -0.136. The number of nitrogens with zero attached hydrogens (tertiary/aromatic N) is 3. The van der Waals surface area contributed by atoms with Crippen molar-refractivity contribution in [2.45, 2.75) is 58.5 Å². The molecule has 2 unspecified atom stereocenters. The molecule has 0 aromatic carbocycles. The molecular formula is C27H32FN3O2S. The molecule has 3 fully saturated rings. The van der Waals surface area contributed by atoms with E-state index < -0.39 is 12.1 Å². The first-order valence-electron chi connectivity index (χ1n) is 12.4. The van der Waals surface area contributed by atoms with Crippen molar-refractivity contribution in [3.63, 3.8) is 0 Å². The average molecular weight is 482 g/mol. The van der Waals surface area contributed by atoms with Crippen LogP contribution in [0.2, 0.25) is 0 Å². The molecule has 2 aromatic rings. The quantitative estimate of drug-likeness (QED) is 0.607. The zero-order valence-electron chi connectivity index (χ0n) is 20.0. The molecule has 0 spiro atoms. The number of rotatable bonds is 2. The van der Waals surface area contributed by atoms with Gasteiger partial charge < -0.3 is 5.11 Å². The summed E-state index contributed by atoms with van der Waals surface area (Å²) in [6.07, 6.45) is 12.9. The highest BCUT2D eigenvalue weighted by atomic mass is 32.2. The van der Waals surface area contributed by atoms with Crippen molar-refractivity contribution >= 4 is 23.0 Å². The van der Waals surface area contributed by atoms with Crippen molar-refractivity contribution in [1.82, 2.24) is 14.8 Å². The Kier molecular flexibility index (Phi) is 5.13. The van der Waals surface area contributed by atoms with E-state index in [1.54, 1.807) is 6.07 Å². The minimum Gasteiger partial charge on any atom is -0.393 e. The van der Waals surface area contributed by atoms with Gasteiger partial charge in [0.2, 0.25) is 5.95 Å². The molecule has 7 atom stereocenters. The molecule has 180 valence electrons. The maximum Gasteiger partial charge on any atom is 0.212 e. The molecule has 0 aliphatic heterocycles. The third kappa shape index (κ3) is 3.05. The Morgan fingerprint density at radius 1 is 1.24 bits per heavy atom. The van der Waals surface area contributed by atoms with E-state index in [9.17, 15) is 14.3 Å². The van der Waals surface area contributed by atoms with Crippen LogP contribution in [0.15, 0.2) is 30.1 Å². The first-order valence-corrected chi connectivity index (χ1v) is 13.6. The highest BCUT2D eigenvalue weighted by Gasteiger charge is 2.63. The molecule has 3 saturated carbocycles. The summed E-state index contributed by atoms with van der Waals surface area (Å²) < 4.78 is 15.2. The number of carbonyl (C=O) groups is 1. The molecule has 7 heteroatoms. The summed E-state index contributed by atoms with van der Waals surface area (Å²) in [6.45, 7) is 4.61. The van der Waals surface area contributed by atoms with Crippen LogP contribution in [0.3, 0.4) is 0 Å². The molecule has 0 amide bonds. The number of pyridine rings is 1. The van der Waals surface area contributed by atoms with Gasteiger partial charge in [0.1, 0.15) is 0 Å². The normalized spacial score (nSPS) is 38.4. The maximum atomic E-state index is 13.3. The number of aliphatic hydroxyl groups excluding tert-OH is 1. The Morgan fingerprint density at radius 2 is 2.06 bits per heavy atom. The molecule has 0 saturated heterocycles. The average Bonchev–Trinajstić information content (AvgIpc) is 3.36. The van der Waals surface area contributed by atoms with Gasteiger partial charge in [0, 0.05) is 5.92 Å². The number of hydrogen-bond acceptors (Lipinski definition) is 5.